The van der Waals surface area contributed by atoms with Gasteiger partial charge in [0.2, 0.25) is 0 Å². The summed E-state index contributed by atoms with van der Waals surface area (Å²) in [6.45, 7) is 3.32. The third kappa shape index (κ3) is 4.61. The largest absolute Gasteiger partial charge is 0.383 e. The van der Waals surface area contributed by atoms with E-state index in [2.05, 4.69) is 32.4 Å². The zero-order valence-electron chi connectivity index (χ0n) is 15.6. The molecule has 0 aliphatic carbocycles. The lowest BCUT2D eigenvalue weighted by Crippen LogP contribution is -2.44. The van der Waals surface area contributed by atoms with Gasteiger partial charge in [-0.05, 0) is 30.9 Å². The van der Waals surface area contributed by atoms with E-state index < -0.39 is 11.8 Å². The van der Waals surface area contributed by atoms with Crippen LogP contribution in [0.1, 0.15) is 19.8 Å². The van der Waals surface area contributed by atoms with Crippen molar-refractivity contribution >= 4 is 34.2 Å². The van der Waals surface area contributed by atoms with E-state index in [9.17, 15) is 9.59 Å². The van der Waals surface area contributed by atoms with E-state index in [1.165, 1.54) is 12.4 Å². The van der Waals surface area contributed by atoms with Crippen molar-refractivity contribution in [3.63, 3.8) is 0 Å². The Morgan fingerprint density at radius 2 is 2.04 bits per heavy atom. The fourth-order valence-corrected chi connectivity index (χ4v) is 3.05. The maximum absolute atomic E-state index is 12.2. The molecular weight excluding hydrogens is 358 g/mol. The molecule has 1 unspecified atom stereocenters. The Balaban J connectivity index is 0.000000320. The number of nitrogens with zero attached hydrogens (tertiary/aromatic N) is 4. The minimum Gasteiger partial charge on any atom is -0.383 e. The molecule has 0 bridgehead atoms. The average molecular weight is 381 g/mol. The fraction of sp³-hybridized carbons (Fsp3) is 0.316. The molecule has 2 amide bonds. The van der Waals surface area contributed by atoms with Crippen LogP contribution in [0.5, 0.6) is 0 Å². The highest BCUT2D eigenvalue weighted by Gasteiger charge is 2.26. The second kappa shape index (κ2) is 8.94. The number of nitrogens with two attached hydrogens (primary N) is 1. The summed E-state index contributed by atoms with van der Waals surface area (Å²) >= 11 is 0. The SMILES string of the molecule is CC1CCCN(C(=O)C(=O)Nc2cnc(N)c3cn[nH]c23)C1.c1ccncc1. The van der Waals surface area contributed by atoms with Crippen LogP contribution < -0.4 is 11.1 Å². The van der Waals surface area contributed by atoms with Crippen LogP contribution in [-0.4, -0.2) is 50.0 Å². The molecule has 1 atom stereocenters. The molecule has 4 N–H and O–H groups in total. The van der Waals surface area contributed by atoms with Crippen molar-refractivity contribution in [3.05, 3.63) is 43.0 Å². The zero-order valence-corrected chi connectivity index (χ0v) is 15.6. The van der Waals surface area contributed by atoms with E-state index in [0.29, 0.717) is 41.4 Å². The van der Waals surface area contributed by atoms with Crippen LogP contribution in [0.4, 0.5) is 11.5 Å². The molecule has 4 rings (SSSR count). The molecule has 1 fully saturated rings. The number of rotatable bonds is 1. The molecule has 0 aromatic carbocycles. The number of fused-ring (bicyclic) bond motifs is 1. The molecule has 3 aromatic heterocycles. The lowest BCUT2D eigenvalue weighted by atomic mass is 10.0. The average Bonchev–Trinajstić information content (AvgIpc) is 3.22. The first-order chi connectivity index (χ1) is 13.6. The van der Waals surface area contributed by atoms with Crippen LogP contribution in [0.25, 0.3) is 10.9 Å². The summed E-state index contributed by atoms with van der Waals surface area (Å²) in [5.74, 6) is -0.450. The van der Waals surface area contributed by atoms with Crippen molar-refractivity contribution in [2.24, 2.45) is 5.92 Å². The zero-order chi connectivity index (χ0) is 19.9. The summed E-state index contributed by atoms with van der Waals surface area (Å²) in [6, 6.07) is 5.72. The molecule has 1 saturated heterocycles. The van der Waals surface area contributed by atoms with Crippen molar-refractivity contribution < 1.29 is 9.59 Å². The standard InChI is InChI=1S/C14H18N6O2.C5H5N/c1-8-3-2-4-20(7-8)14(22)13(21)18-10-6-16-12(15)9-5-17-19-11(9)10;1-2-4-6-5-3-1/h5-6,8H,2-4,7H2,1H3,(H2,15,16)(H,17,19)(H,18,21);1-5H. The topological polar surface area (TPSA) is 130 Å². The molecule has 4 heterocycles. The summed E-state index contributed by atoms with van der Waals surface area (Å²) in [6.07, 6.45) is 8.46. The molecule has 0 saturated carbocycles. The predicted octanol–water partition coefficient (Wildman–Crippen LogP) is 1.82. The van der Waals surface area contributed by atoms with Gasteiger partial charge in [-0.3, -0.25) is 19.7 Å². The summed E-state index contributed by atoms with van der Waals surface area (Å²) < 4.78 is 0. The van der Waals surface area contributed by atoms with Crippen molar-refractivity contribution in [1.82, 2.24) is 25.1 Å². The first-order valence-corrected chi connectivity index (χ1v) is 9.09. The molecule has 28 heavy (non-hydrogen) atoms. The molecule has 1 aliphatic rings. The van der Waals surface area contributed by atoms with E-state index >= 15 is 0 Å². The number of aromatic nitrogens is 4. The number of H-pyrrole nitrogens is 1. The second-order valence-corrected chi connectivity index (χ2v) is 6.69. The van der Waals surface area contributed by atoms with Crippen LogP contribution >= 0.6 is 0 Å². The normalized spacial score (nSPS) is 16.2. The number of piperidine rings is 1. The summed E-state index contributed by atoms with van der Waals surface area (Å²) in [5.41, 5.74) is 6.68. The van der Waals surface area contributed by atoms with Gasteiger partial charge < -0.3 is 16.0 Å². The lowest BCUT2D eigenvalue weighted by molar-refractivity contribution is -0.144. The number of likely N-dealkylation sites (tertiary alicyclic amines) is 1. The summed E-state index contributed by atoms with van der Waals surface area (Å²) in [4.78, 5) is 33.8. The minimum absolute atomic E-state index is 0.318. The minimum atomic E-state index is -0.670. The van der Waals surface area contributed by atoms with Crippen LogP contribution in [0.15, 0.2) is 43.0 Å². The number of nitrogens with one attached hydrogen (secondary N) is 2. The maximum atomic E-state index is 12.2. The Morgan fingerprint density at radius 1 is 1.25 bits per heavy atom. The number of pyridine rings is 2. The predicted molar refractivity (Wildman–Crippen MR) is 106 cm³/mol. The Morgan fingerprint density at radius 3 is 2.68 bits per heavy atom. The molecule has 0 radical (unpaired) electrons. The van der Waals surface area contributed by atoms with Gasteiger partial charge in [0.25, 0.3) is 0 Å². The number of carbonyl (C=O) groups is 2. The monoisotopic (exact) mass is 381 g/mol. The molecule has 1 aliphatic heterocycles. The smallest absolute Gasteiger partial charge is 0.314 e. The highest BCUT2D eigenvalue weighted by Crippen LogP contribution is 2.24. The third-order valence-electron chi connectivity index (χ3n) is 4.47. The molecule has 9 nitrogen and oxygen atoms in total. The van der Waals surface area contributed by atoms with Gasteiger partial charge >= 0.3 is 11.8 Å². The molecule has 0 spiro atoms. The van der Waals surface area contributed by atoms with Crippen LogP contribution in [0.2, 0.25) is 0 Å². The highest BCUT2D eigenvalue weighted by atomic mass is 16.2. The number of aromatic amines is 1. The first-order valence-electron chi connectivity index (χ1n) is 9.09. The van der Waals surface area contributed by atoms with E-state index in [4.69, 9.17) is 5.73 Å². The number of nitrogen functional groups attached to an aromatic ring is 1. The Hall–Kier alpha value is -3.49. The Labute approximate surface area is 162 Å². The Bertz CT molecular complexity index is 915. The molecular formula is C19H23N7O2. The van der Waals surface area contributed by atoms with E-state index in [1.54, 1.807) is 17.3 Å². The molecule has 9 heteroatoms. The quantitative estimate of drug-likeness (QED) is 0.551. The highest BCUT2D eigenvalue weighted by molar-refractivity contribution is 6.40. The lowest BCUT2D eigenvalue weighted by Gasteiger charge is -2.30. The van der Waals surface area contributed by atoms with Gasteiger partial charge in [0.1, 0.15) is 5.82 Å². The number of anilines is 2. The van der Waals surface area contributed by atoms with Crippen molar-refractivity contribution in [3.8, 4) is 0 Å². The van der Waals surface area contributed by atoms with Crippen molar-refractivity contribution in [1.29, 1.82) is 0 Å². The van der Waals surface area contributed by atoms with Crippen LogP contribution in [0.3, 0.4) is 0 Å². The van der Waals surface area contributed by atoms with Gasteiger partial charge in [0.15, 0.2) is 0 Å². The fourth-order valence-electron chi connectivity index (χ4n) is 3.05. The van der Waals surface area contributed by atoms with E-state index in [1.807, 2.05) is 18.2 Å². The van der Waals surface area contributed by atoms with Gasteiger partial charge in [-0.15, -0.1) is 0 Å². The Kier molecular flexibility index (Phi) is 6.15. The molecule has 3 aromatic rings. The summed E-state index contributed by atoms with van der Waals surface area (Å²) in [5, 5.41) is 9.83. The number of amides is 2. The van der Waals surface area contributed by atoms with Crippen LogP contribution in [-0.2, 0) is 9.59 Å². The third-order valence-corrected chi connectivity index (χ3v) is 4.47. The van der Waals surface area contributed by atoms with Gasteiger partial charge in [-0.1, -0.05) is 13.0 Å². The van der Waals surface area contributed by atoms with E-state index in [-0.39, 0.29) is 0 Å². The number of hydrogen-bond donors (Lipinski definition) is 3. The molecule has 146 valence electrons. The summed E-state index contributed by atoms with van der Waals surface area (Å²) in [7, 11) is 0. The van der Waals surface area contributed by atoms with Gasteiger partial charge in [0, 0.05) is 25.5 Å². The van der Waals surface area contributed by atoms with Gasteiger partial charge in [0.05, 0.1) is 29.0 Å². The van der Waals surface area contributed by atoms with E-state index in [0.717, 1.165) is 12.8 Å². The van der Waals surface area contributed by atoms with Crippen molar-refractivity contribution in [2.75, 3.05) is 24.1 Å². The van der Waals surface area contributed by atoms with Gasteiger partial charge in [-0.25, -0.2) is 4.98 Å². The number of hydrogen-bond acceptors (Lipinski definition) is 6. The second-order valence-electron chi connectivity index (χ2n) is 6.69. The number of carbonyl (C=O) groups excluding carboxylic acids is 2. The van der Waals surface area contributed by atoms with Crippen molar-refractivity contribution in [2.45, 2.75) is 19.8 Å². The maximum Gasteiger partial charge on any atom is 0.314 e. The van der Waals surface area contributed by atoms with Gasteiger partial charge in [-0.2, -0.15) is 5.10 Å². The van der Waals surface area contributed by atoms with Crippen LogP contribution in [0, 0.1) is 5.92 Å². The first kappa shape index (κ1) is 19.3.